The lowest BCUT2D eigenvalue weighted by Crippen LogP contribution is -2.16. The molecular formula is C19H17BrN2O3S. The van der Waals surface area contributed by atoms with Crippen LogP contribution in [-0.2, 0) is 29.4 Å². The Morgan fingerprint density at radius 3 is 2.88 bits per heavy atom. The predicted octanol–water partition coefficient (Wildman–Crippen LogP) is 3.22. The summed E-state index contributed by atoms with van der Waals surface area (Å²) >= 11 is 3.44. The highest BCUT2D eigenvalue weighted by atomic mass is 79.9. The summed E-state index contributed by atoms with van der Waals surface area (Å²) in [5.41, 5.74) is 3.87. The van der Waals surface area contributed by atoms with Crippen molar-refractivity contribution in [3.63, 3.8) is 0 Å². The molecule has 2 aliphatic heterocycles. The first-order valence-electron chi connectivity index (χ1n) is 8.59. The van der Waals surface area contributed by atoms with Crippen LogP contribution < -0.4 is 10.1 Å². The Kier molecular flexibility index (Phi) is 3.67. The summed E-state index contributed by atoms with van der Waals surface area (Å²) in [5, 5.41) is 4.44. The first kappa shape index (κ1) is 16.4. The van der Waals surface area contributed by atoms with Crippen LogP contribution in [0.5, 0.6) is 5.75 Å². The fourth-order valence-corrected chi connectivity index (χ4v) is 6.18. The van der Waals surface area contributed by atoms with Gasteiger partial charge in [0.25, 0.3) is 10.0 Å². The van der Waals surface area contributed by atoms with E-state index >= 15 is 0 Å². The largest absolute Gasteiger partial charge is 0.492 e. The zero-order valence-corrected chi connectivity index (χ0v) is 16.4. The van der Waals surface area contributed by atoms with E-state index in [4.69, 9.17) is 4.74 Å². The topological polar surface area (TPSA) is 60.3 Å². The van der Waals surface area contributed by atoms with Gasteiger partial charge in [0.2, 0.25) is 0 Å². The molecule has 7 heteroatoms. The van der Waals surface area contributed by atoms with Crippen molar-refractivity contribution < 1.29 is 13.2 Å². The molecule has 0 unspecified atom stereocenters. The number of nitrogens with zero attached hydrogens (tertiary/aromatic N) is 1. The second kappa shape index (κ2) is 5.84. The number of fused-ring (bicyclic) bond motifs is 1. The fraction of sp³-hybridized carbons (Fsp3) is 0.263. The van der Waals surface area contributed by atoms with Crippen molar-refractivity contribution >= 4 is 36.9 Å². The van der Waals surface area contributed by atoms with Crippen molar-refractivity contribution in [2.24, 2.45) is 0 Å². The van der Waals surface area contributed by atoms with E-state index in [0.29, 0.717) is 12.4 Å². The summed E-state index contributed by atoms with van der Waals surface area (Å²) in [4.78, 5) is 0.225. The molecule has 3 heterocycles. The molecule has 5 nitrogen and oxygen atoms in total. The molecule has 3 aromatic rings. The summed E-state index contributed by atoms with van der Waals surface area (Å²) < 4.78 is 35.0. The molecule has 1 N–H and O–H groups in total. The van der Waals surface area contributed by atoms with Crippen LogP contribution in [0, 0.1) is 0 Å². The van der Waals surface area contributed by atoms with E-state index < -0.39 is 10.0 Å². The molecule has 2 aliphatic rings. The number of hydrogen-bond donors (Lipinski definition) is 1. The van der Waals surface area contributed by atoms with Crippen LogP contribution in [0.25, 0.3) is 10.9 Å². The van der Waals surface area contributed by atoms with Gasteiger partial charge in [-0.05, 0) is 42.3 Å². The maximum absolute atomic E-state index is 13.6. The molecule has 2 aromatic carbocycles. The van der Waals surface area contributed by atoms with Crippen LogP contribution in [0.4, 0.5) is 0 Å². The van der Waals surface area contributed by atoms with Gasteiger partial charge in [0.15, 0.2) is 0 Å². The first-order chi connectivity index (χ1) is 12.6. The van der Waals surface area contributed by atoms with E-state index in [1.807, 2.05) is 18.2 Å². The molecule has 0 fully saturated rings. The van der Waals surface area contributed by atoms with E-state index in [1.165, 1.54) is 3.97 Å². The number of benzene rings is 2. The maximum atomic E-state index is 13.6. The summed E-state index contributed by atoms with van der Waals surface area (Å²) in [5.74, 6) is 0.488. The molecule has 0 radical (unpaired) electrons. The zero-order valence-electron chi connectivity index (χ0n) is 14.0. The smallest absolute Gasteiger partial charge is 0.271 e. The second-order valence-electron chi connectivity index (χ2n) is 6.68. The van der Waals surface area contributed by atoms with Crippen molar-refractivity contribution in [1.82, 2.24) is 9.29 Å². The third-order valence-electron chi connectivity index (χ3n) is 5.10. The molecule has 1 aromatic heterocycles. The number of hydrogen-bond acceptors (Lipinski definition) is 4. The predicted molar refractivity (Wildman–Crippen MR) is 103 cm³/mol. The molecule has 0 bridgehead atoms. The van der Waals surface area contributed by atoms with Crippen LogP contribution in [0.2, 0.25) is 0 Å². The molecule has 0 saturated heterocycles. The number of rotatable bonds is 2. The van der Waals surface area contributed by atoms with E-state index in [-0.39, 0.29) is 4.90 Å². The van der Waals surface area contributed by atoms with Gasteiger partial charge in [-0.2, -0.15) is 0 Å². The number of aromatic nitrogens is 1. The van der Waals surface area contributed by atoms with Gasteiger partial charge in [-0.1, -0.05) is 28.1 Å². The van der Waals surface area contributed by atoms with Crippen LogP contribution in [-0.4, -0.2) is 25.5 Å². The van der Waals surface area contributed by atoms with E-state index in [9.17, 15) is 8.42 Å². The van der Waals surface area contributed by atoms with Crippen molar-refractivity contribution in [3.05, 3.63) is 57.7 Å². The average Bonchev–Trinajstić information content (AvgIpc) is 3.17. The van der Waals surface area contributed by atoms with Crippen molar-refractivity contribution in [3.8, 4) is 5.75 Å². The highest BCUT2D eigenvalue weighted by Gasteiger charge is 2.30. The van der Waals surface area contributed by atoms with Gasteiger partial charge in [-0.25, -0.2) is 12.4 Å². The number of ether oxygens (including phenoxy) is 1. The highest BCUT2D eigenvalue weighted by Crippen LogP contribution is 2.38. The third-order valence-corrected chi connectivity index (χ3v) is 7.24. The highest BCUT2D eigenvalue weighted by molar-refractivity contribution is 9.10. The third kappa shape index (κ3) is 2.34. The Morgan fingerprint density at radius 2 is 2.00 bits per heavy atom. The molecule has 0 spiro atoms. The van der Waals surface area contributed by atoms with Gasteiger partial charge in [0.05, 0.1) is 12.1 Å². The Bertz CT molecular complexity index is 1150. The van der Waals surface area contributed by atoms with Gasteiger partial charge >= 0.3 is 0 Å². The zero-order chi connectivity index (χ0) is 17.9. The van der Waals surface area contributed by atoms with Gasteiger partial charge in [0, 0.05) is 34.6 Å². The lowest BCUT2D eigenvalue weighted by molar-refractivity contribution is 0.348. The second-order valence-corrected chi connectivity index (χ2v) is 9.38. The van der Waals surface area contributed by atoms with Crippen molar-refractivity contribution in [2.45, 2.75) is 24.3 Å². The summed E-state index contributed by atoms with van der Waals surface area (Å²) in [6, 6.07) is 9.43. The maximum Gasteiger partial charge on any atom is 0.271 e. The van der Waals surface area contributed by atoms with Crippen molar-refractivity contribution in [1.29, 1.82) is 0 Å². The Hall–Kier alpha value is -1.83. The quantitative estimate of drug-likeness (QED) is 0.675. The van der Waals surface area contributed by atoms with Crippen LogP contribution in [0.3, 0.4) is 0 Å². The van der Waals surface area contributed by atoms with Gasteiger partial charge in [-0.15, -0.1) is 0 Å². The molecular weight excluding hydrogens is 416 g/mol. The number of halogens is 1. The van der Waals surface area contributed by atoms with E-state index in [1.54, 1.807) is 12.3 Å². The molecule has 0 atom stereocenters. The molecule has 5 rings (SSSR count). The summed E-state index contributed by atoms with van der Waals surface area (Å²) in [6.07, 6.45) is 3.31. The van der Waals surface area contributed by atoms with Gasteiger partial charge in [0.1, 0.15) is 10.6 Å². The van der Waals surface area contributed by atoms with Crippen LogP contribution in [0.1, 0.15) is 16.7 Å². The minimum Gasteiger partial charge on any atom is -0.492 e. The summed E-state index contributed by atoms with van der Waals surface area (Å²) in [6.45, 7) is 2.11. The average molecular weight is 433 g/mol. The lowest BCUT2D eigenvalue weighted by Gasteiger charge is -2.12. The number of nitrogens with one attached hydrogen (secondary N) is 1. The Balaban J connectivity index is 1.79. The first-order valence-corrected chi connectivity index (χ1v) is 10.8. The van der Waals surface area contributed by atoms with E-state index in [0.717, 1.165) is 58.0 Å². The monoisotopic (exact) mass is 432 g/mol. The molecule has 0 saturated carbocycles. The minimum absolute atomic E-state index is 0.225. The Morgan fingerprint density at radius 1 is 1.12 bits per heavy atom. The normalized spacial score (nSPS) is 16.3. The van der Waals surface area contributed by atoms with E-state index in [2.05, 4.69) is 27.3 Å². The molecule has 26 heavy (non-hydrogen) atoms. The summed E-state index contributed by atoms with van der Waals surface area (Å²) in [7, 11) is -3.76. The lowest BCUT2D eigenvalue weighted by atomic mass is 10.1. The van der Waals surface area contributed by atoms with Crippen molar-refractivity contribution in [2.75, 3.05) is 13.2 Å². The Labute approximate surface area is 160 Å². The van der Waals surface area contributed by atoms with Gasteiger partial charge in [-0.3, -0.25) is 0 Å². The van der Waals surface area contributed by atoms with Crippen LogP contribution in [0.15, 0.2) is 45.9 Å². The molecule has 134 valence electrons. The van der Waals surface area contributed by atoms with Gasteiger partial charge < -0.3 is 10.1 Å². The standard InChI is InChI=1S/C19H17BrN2O3S/c20-15-8-12-5-7-25-19(12)17(9-15)26(23,24)22-11-14-4-6-21-10-13-2-1-3-16(22)18(13)14/h1-3,8-9,11,21H,4-7,10H2. The molecule has 0 amide bonds. The fourth-order valence-electron chi connectivity index (χ4n) is 3.93. The van der Waals surface area contributed by atoms with Crippen LogP contribution >= 0.6 is 15.9 Å². The molecule has 0 aliphatic carbocycles. The minimum atomic E-state index is -3.76. The SMILES string of the molecule is O=S(=O)(c1cc(Br)cc2c1OCC2)n1cc2c3c(cccc31)CNCC2.